The van der Waals surface area contributed by atoms with Crippen LogP contribution < -0.4 is 4.74 Å². The molecule has 1 aromatic carbocycles. The van der Waals surface area contributed by atoms with Crippen LogP contribution in [0.2, 0.25) is 0 Å². The fourth-order valence-electron chi connectivity index (χ4n) is 2.39. The van der Waals surface area contributed by atoms with Gasteiger partial charge in [-0.05, 0) is 43.0 Å². The normalized spacial score (nSPS) is 15.5. The summed E-state index contributed by atoms with van der Waals surface area (Å²) in [6, 6.07) is 7.85. The Hall–Kier alpha value is -2.28. The zero-order valence-corrected chi connectivity index (χ0v) is 13.7. The zero-order chi connectivity index (χ0) is 16.5. The topological polar surface area (TPSA) is 67.9 Å². The van der Waals surface area contributed by atoms with Crippen LogP contribution in [0.3, 0.4) is 0 Å². The second kappa shape index (κ2) is 6.32. The molecule has 1 atom stereocenters. The van der Waals surface area contributed by atoms with Crippen LogP contribution in [0.1, 0.15) is 18.5 Å². The largest absolute Gasteiger partial charge is 0.493 e. The van der Waals surface area contributed by atoms with Gasteiger partial charge in [0, 0.05) is 12.3 Å². The SMILES string of the molecule is O=[S@](Cc1cc(OCC2CC2)ccn1)c1nc2ccc(F)cc2[nH]1. The van der Waals surface area contributed by atoms with Crippen molar-refractivity contribution < 1.29 is 13.3 Å². The van der Waals surface area contributed by atoms with Crippen LogP contribution in [0.25, 0.3) is 11.0 Å². The minimum Gasteiger partial charge on any atom is -0.493 e. The number of benzene rings is 1. The number of aromatic nitrogens is 3. The number of nitrogens with one attached hydrogen (secondary N) is 1. The molecule has 1 aliphatic rings. The quantitative estimate of drug-likeness (QED) is 0.745. The Morgan fingerprint density at radius 1 is 1.29 bits per heavy atom. The van der Waals surface area contributed by atoms with E-state index in [-0.39, 0.29) is 11.6 Å². The maximum atomic E-state index is 13.2. The molecule has 0 spiro atoms. The minimum absolute atomic E-state index is 0.225. The first-order chi connectivity index (χ1) is 11.7. The number of ether oxygens (including phenoxy) is 1. The molecule has 7 heteroatoms. The molecule has 2 heterocycles. The second-order valence-corrected chi connectivity index (χ2v) is 7.30. The Morgan fingerprint density at radius 2 is 2.17 bits per heavy atom. The number of rotatable bonds is 6. The lowest BCUT2D eigenvalue weighted by atomic mass is 10.3. The van der Waals surface area contributed by atoms with Crippen molar-refractivity contribution >= 4 is 21.8 Å². The van der Waals surface area contributed by atoms with Crippen molar-refractivity contribution in [2.75, 3.05) is 6.61 Å². The summed E-state index contributed by atoms with van der Waals surface area (Å²) in [6.07, 6.45) is 4.12. The predicted molar refractivity (Wildman–Crippen MR) is 88.6 cm³/mol. The summed E-state index contributed by atoms with van der Waals surface area (Å²) in [5.41, 5.74) is 1.80. The Bertz CT molecular complexity index is 908. The van der Waals surface area contributed by atoms with Gasteiger partial charge in [0.05, 0.1) is 39.9 Å². The van der Waals surface area contributed by atoms with Gasteiger partial charge in [-0.25, -0.2) is 9.37 Å². The van der Waals surface area contributed by atoms with Crippen molar-refractivity contribution in [1.29, 1.82) is 0 Å². The lowest BCUT2D eigenvalue weighted by Gasteiger charge is -2.06. The fraction of sp³-hybridized carbons (Fsp3) is 0.294. The van der Waals surface area contributed by atoms with Gasteiger partial charge in [-0.3, -0.25) is 9.19 Å². The summed E-state index contributed by atoms with van der Waals surface area (Å²) in [4.78, 5) is 11.4. The van der Waals surface area contributed by atoms with Gasteiger partial charge in [0.1, 0.15) is 11.6 Å². The minimum atomic E-state index is -1.39. The molecule has 124 valence electrons. The highest BCUT2D eigenvalue weighted by atomic mass is 32.2. The standard InChI is InChI=1S/C17H16FN3O2S/c18-12-3-4-15-16(7-12)21-17(20-15)24(22)10-13-8-14(5-6-19-13)23-9-11-1-2-11/h3-8,11H,1-2,9-10H2,(H,20,21)/t24-/m1/s1. The highest BCUT2D eigenvalue weighted by molar-refractivity contribution is 7.84. The van der Waals surface area contributed by atoms with E-state index in [9.17, 15) is 8.60 Å². The number of hydrogen-bond acceptors (Lipinski definition) is 4. The number of nitrogens with zero attached hydrogens (tertiary/aromatic N) is 2. The number of pyridine rings is 1. The summed E-state index contributed by atoms with van der Waals surface area (Å²) in [7, 11) is -1.39. The van der Waals surface area contributed by atoms with Crippen molar-refractivity contribution in [3.63, 3.8) is 0 Å². The van der Waals surface area contributed by atoms with Crippen LogP contribution in [-0.4, -0.2) is 25.8 Å². The highest BCUT2D eigenvalue weighted by Crippen LogP contribution is 2.29. The molecule has 1 N–H and O–H groups in total. The molecule has 3 aromatic rings. The maximum Gasteiger partial charge on any atom is 0.197 e. The van der Waals surface area contributed by atoms with E-state index in [4.69, 9.17) is 4.74 Å². The lowest BCUT2D eigenvalue weighted by molar-refractivity contribution is 0.299. The van der Waals surface area contributed by atoms with Crippen molar-refractivity contribution in [2.24, 2.45) is 5.92 Å². The summed E-state index contributed by atoms with van der Waals surface area (Å²) in [6.45, 7) is 0.724. The van der Waals surface area contributed by atoms with Crippen LogP contribution in [0, 0.1) is 11.7 Å². The molecular weight excluding hydrogens is 329 g/mol. The summed E-state index contributed by atoms with van der Waals surface area (Å²) in [5, 5.41) is 0.321. The molecular formula is C17H16FN3O2S. The first-order valence-electron chi connectivity index (χ1n) is 7.79. The van der Waals surface area contributed by atoms with E-state index in [1.165, 1.54) is 25.0 Å². The average Bonchev–Trinajstić information content (AvgIpc) is 3.31. The van der Waals surface area contributed by atoms with Crippen LogP contribution in [-0.2, 0) is 16.6 Å². The van der Waals surface area contributed by atoms with Gasteiger partial charge in [-0.1, -0.05) is 0 Å². The predicted octanol–water partition coefficient (Wildman–Crippen LogP) is 3.19. The smallest absolute Gasteiger partial charge is 0.197 e. The third-order valence-electron chi connectivity index (χ3n) is 3.89. The summed E-state index contributed by atoms with van der Waals surface area (Å²) in [5.74, 6) is 1.29. The zero-order valence-electron chi connectivity index (χ0n) is 12.9. The van der Waals surface area contributed by atoms with Gasteiger partial charge in [-0.15, -0.1) is 0 Å². The molecule has 4 rings (SSSR count). The van der Waals surface area contributed by atoms with Crippen LogP contribution in [0.4, 0.5) is 4.39 Å². The van der Waals surface area contributed by atoms with Crippen LogP contribution in [0.15, 0.2) is 41.7 Å². The maximum absolute atomic E-state index is 13.2. The average molecular weight is 345 g/mol. The first kappa shape index (κ1) is 15.3. The van der Waals surface area contributed by atoms with Crippen molar-refractivity contribution in [2.45, 2.75) is 23.8 Å². The van der Waals surface area contributed by atoms with Gasteiger partial charge in [0.25, 0.3) is 0 Å². The van der Waals surface area contributed by atoms with Gasteiger partial charge in [-0.2, -0.15) is 0 Å². The van der Waals surface area contributed by atoms with E-state index in [2.05, 4.69) is 15.0 Å². The van der Waals surface area contributed by atoms with E-state index in [0.717, 1.165) is 12.4 Å². The third-order valence-corrected chi connectivity index (χ3v) is 5.07. The Balaban J connectivity index is 1.48. The molecule has 0 aliphatic heterocycles. The van der Waals surface area contributed by atoms with E-state index in [1.807, 2.05) is 6.07 Å². The third kappa shape index (κ3) is 3.46. The first-order valence-corrected chi connectivity index (χ1v) is 9.10. The molecule has 1 fully saturated rings. The molecule has 5 nitrogen and oxygen atoms in total. The van der Waals surface area contributed by atoms with Crippen LogP contribution in [0.5, 0.6) is 5.75 Å². The van der Waals surface area contributed by atoms with Gasteiger partial charge >= 0.3 is 0 Å². The van der Waals surface area contributed by atoms with Gasteiger partial charge in [0.15, 0.2) is 5.16 Å². The lowest BCUT2D eigenvalue weighted by Crippen LogP contribution is -2.03. The monoisotopic (exact) mass is 345 g/mol. The molecule has 2 aromatic heterocycles. The molecule has 0 radical (unpaired) electrons. The molecule has 1 saturated carbocycles. The molecule has 0 bridgehead atoms. The van der Waals surface area contributed by atoms with Crippen molar-refractivity contribution in [3.05, 3.63) is 48.0 Å². The molecule has 0 saturated heterocycles. The Kier molecular flexibility index (Phi) is 4.02. The van der Waals surface area contributed by atoms with Crippen molar-refractivity contribution in [3.8, 4) is 5.75 Å². The number of aromatic amines is 1. The number of hydrogen-bond donors (Lipinski definition) is 1. The fourth-order valence-corrected chi connectivity index (χ4v) is 3.38. The molecule has 24 heavy (non-hydrogen) atoms. The number of halogens is 1. The van der Waals surface area contributed by atoms with Gasteiger partial charge in [0.2, 0.25) is 0 Å². The number of H-pyrrole nitrogens is 1. The number of fused-ring (bicyclic) bond motifs is 1. The Morgan fingerprint density at radius 3 is 3.00 bits per heavy atom. The van der Waals surface area contributed by atoms with E-state index in [1.54, 1.807) is 18.3 Å². The van der Waals surface area contributed by atoms with E-state index in [0.29, 0.717) is 27.8 Å². The second-order valence-electron chi connectivity index (χ2n) is 5.93. The van der Waals surface area contributed by atoms with Crippen molar-refractivity contribution in [1.82, 2.24) is 15.0 Å². The Labute approximate surface area is 140 Å². The molecule has 0 unspecified atom stereocenters. The molecule has 1 aliphatic carbocycles. The van der Waals surface area contributed by atoms with E-state index >= 15 is 0 Å². The van der Waals surface area contributed by atoms with Crippen LogP contribution >= 0.6 is 0 Å². The number of imidazole rings is 1. The highest BCUT2D eigenvalue weighted by Gasteiger charge is 2.22. The summed E-state index contributed by atoms with van der Waals surface area (Å²) >= 11 is 0. The summed E-state index contributed by atoms with van der Waals surface area (Å²) < 4.78 is 31.4. The molecule has 0 amide bonds. The van der Waals surface area contributed by atoms with E-state index < -0.39 is 10.8 Å². The van der Waals surface area contributed by atoms with Gasteiger partial charge < -0.3 is 9.72 Å².